The quantitative estimate of drug-likeness (QED) is 0.904. The van der Waals surface area contributed by atoms with Crippen molar-refractivity contribution in [1.82, 2.24) is 4.98 Å². The third kappa shape index (κ3) is 3.12. The third-order valence-corrected chi connectivity index (χ3v) is 4.19. The van der Waals surface area contributed by atoms with Crippen molar-refractivity contribution in [3.8, 4) is 17.3 Å². The van der Waals surface area contributed by atoms with Gasteiger partial charge in [0.05, 0.1) is 30.1 Å². The van der Waals surface area contributed by atoms with E-state index in [4.69, 9.17) is 9.84 Å². The molecule has 1 aliphatic heterocycles. The molecular formula is C19H21N3O2. The second-order valence-electron chi connectivity index (χ2n) is 6.49. The zero-order chi connectivity index (χ0) is 17.2. The van der Waals surface area contributed by atoms with E-state index in [1.54, 1.807) is 0 Å². The maximum absolute atomic E-state index is 9.67. The van der Waals surface area contributed by atoms with Crippen LogP contribution in [0.15, 0.2) is 30.3 Å². The van der Waals surface area contributed by atoms with Crippen LogP contribution in [-0.2, 0) is 17.8 Å². The van der Waals surface area contributed by atoms with E-state index in [0.29, 0.717) is 31.0 Å². The van der Waals surface area contributed by atoms with Gasteiger partial charge in [-0.3, -0.25) is 0 Å². The Morgan fingerprint density at radius 2 is 2.04 bits per heavy atom. The number of nitriles is 1. The van der Waals surface area contributed by atoms with Crippen LogP contribution in [0.3, 0.4) is 0 Å². The van der Waals surface area contributed by atoms with Crippen molar-refractivity contribution in [2.45, 2.75) is 32.5 Å². The van der Waals surface area contributed by atoms with Crippen molar-refractivity contribution in [3.05, 3.63) is 47.0 Å². The standard InChI is InChI=1S/C19H21N3O2/c1-19(2)10-14-15(11-20)18(21-8-9-23)22-17(16(14)12-24-19)13-6-4-3-5-7-13/h3-7,23H,8-10,12H2,1-2H3,(H,21,22). The monoisotopic (exact) mass is 323 g/mol. The van der Waals surface area contributed by atoms with E-state index in [0.717, 1.165) is 22.4 Å². The van der Waals surface area contributed by atoms with E-state index < -0.39 is 0 Å². The summed E-state index contributed by atoms with van der Waals surface area (Å²) in [6.07, 6.45) is 0.654. The second-order valence-corrected chi connectivity index (χ2v) is 6.49. The minimum atomic E-state index is -0.317. The van der Waals surface area contributed by atoms with Crippen LogP contribution >= 0.6 is 0 Å². The molecule has 0 unspecified atom stereocenters. The van der Waals surface area contributed by atoms with Crippen LogP contribution < -0.4 is 5.32 Å². The van der Waals surface area contributed by atoms with Gasteiger partial charge in [-0.25, -0.2) is 4.98 Å². The number of hydrogen-bond donors (Lipinski definition) is 2. The van der Waals surface area contributed by atoms with Gasteiger partial charge in [-0.15, -0.1) is 0 Å². The van der Waals surface area contributed by atoms with Crippen molar-refractivity contribution in [3.63, 3.8) is 0 Å². The summed E-state index contributed by atoms with van der Waals surface area (Å²) in [5.41, 5.74) is 4.03. The predicted octanol–water partition coefficient (Wildman–Crippen LogP) is 2.88. The molecule has 2 heterocycles. The zero-order valence-electron chi connectivity index (χ0n) is 14.0. The van der Waals surface area contributed by atoms with Gasteiger partial charge in [0, 0.05) is 24.1 Å². The highest BCUT2D eigenvalue weighted by molar-refractivity contribution is 5.72. The Hall–Kier alpha value is -2.42. The number of hydrogen-bond acceptors (Lipinski definition) is 5. The van der Waals surface area contributed by atoms with Gasteiger partial charge < -0.3 is 15.2 Å². The Morgan fingerprint density at radius 3 is 2.71 bits per heavy atom. The number of aliphatic hydroxyl groups is 1. The molecule has 24 heavy (non-hydrogen) atoms. The average molecular weight is 323 g/mol. The van der Waals surface area contributed by atoms with E-state index in [2.05, 4.69) is 16.4 Å². The first-order valence-corrected chi connectivity index (χ1v) is 8.05. The predicted molar refractivity (Wildman–Crippen MR) is 92.5 cm³/mol. The molecule has 0 aliphatic carbocycles. The molecule has 0 amide bonds. The van der Waals surface area contributed by atoms with E-state index >= 15 is 0 Å². The Balaban J connectivity index is 2.21. The molecule has 5 heteroatoms. The first-order chi connectivity index (χ1) is 11.6. The van der Waals surface area contributed by atoms with Gasteiger partial charge in [0.15, 0.2) is 0 Å². The van der Waals surface area contributed by atoms with Crippen LogP contribution in [0.5, 0.6) is 0 Å². The number of aliphatic hydroxyl groups excluding tert-OH is 1. The minimum absolute atomic E-state index is 0.0150. The average Bonchev–Trinajstić information content (AvgIpc) is 2.58. The summed E-state index contributed by atoms with van der Waals surface area (Å²) in [7, 11) is 0. The number of aromatic nitrogens is 1. The third-order valence-electron chi connectivity index (χ3n) is 4.19. The smallest absolute Gasteiger partial charge is 0.145 e. The van der Waals surface area contributed by atoms with Gasteiger partial charge in [-0.05, 0) is 19.4 Å². The first kappa shape index (κ1) is 16.4. The number of rotatable bonds is 4. The summed E-state index contributed by atoms with van der Waals surface area (Å²) in [4.78, 5) is 4.69. The number of pyridine rings is 1. The molecule has 2 aromatic rings. The normalized spacial score (nSPS) is 15.4. The number of fused-ring (bicyclic) bond motifs is 1. The Bertz CT molecular complexity index is 779. The second kappa shape index (κ2) is 6.60. The maximum atomic E-state index is 9.67. The Labute approximate surface area is 141 Å². The fourth-order valence-corrected chi connectivity index (χ4v) is 3.02. The van der Waals surface area contributed by atoms with Gasteiger partial charge in [0.25, 0.3) is 0 Å². The summed E-state index contributed by atoms with van der Waals surface area (Å²) < 4.78 is 5.96. The number of nitrogens with zero attached hydrogens (tertiary/aromatic N) is 2. The van der Waals surface area contributed by atoms with E-state index in [-0.39, 0.29) is 12.2 Å². The maximum Gasteiger partial charge on any atom is 0.145 e. The molecule has 0 spiro atoms. The minimum Gasteiger partial charge on any atom is -0.395 e. The lowest BCUT2D eigenvalue weighted by molar-refractivity contribution is -0.0400. The molecule has 2 N–H and O–H groups in total. The molecule has 124 valence electrons. The van der Waals surface area contributed by atoms with Gasteiger partial charge in [-0.1, -0.05) is 30.3 Å². The van der Waals surface area contributed by atoms with Crippen molar-refractivity contribution in [1.29, 1.82) is 5.26 Å². The lowest BCUT2D eigenvalue weighted by Gasteiger charge is -2.33. The Morgan fingerprint density at radius 1 is 1.29 bits per heavy atom. The molecule has 0 fully saturated rings. The fraction of sp³-hybridized carbons (Fsp3) is 0.368. The van der Waals surface area contributed by atoms with Crippen molar-refractivity contribution >= 4 is 5.82 Å². The fourth-order valence-electron chi connectivity index (χ4n) is 3.02. The van der Waals surface area contributed by atoms with E-state index in [1.807, 2.05) is 44.2 Å². The van der Waals surface area contributed by atoms with E-state index in [9.17, 15) is 5.26 Å². The zero-order valence-corrected chi connectivity index (χ0v) is 14.0. The Kier molecular flexibility index (Phi) is 4.52. The number of ether oxygens (including phenoxy) is 1. The molecule has 1 aliphatic rings. The van der Waals surface area contributed by atoms with Crippen LogP contribution in [0, 0.1) is 11.3 Å². The SMILES string of the molecule is CC1(C)Cc2c(C#N)c(NCCO)nc(-c3ccccc3)c2CO1. The number of anilines is 1. The molecule has 0 radical (unpaired) electrons. The molecule has 0 bridgehead atoms. The molecule has 1 aromatic heterocycles. The topological polar surface area (TPSA) is 78.2 Å². The van der Waals surface area contributed by atoms with Crippen LogP contribution in [-0.4, -0.2) is 28.8 Å². The molecule has 0 atom stereocenters. The van der Waals surface area contributed by atoms with Gasteiger partial charge in [0.1, 0.15) is 11.9 Å². The highest BCUT2D eigenvalue weighted by Crippen LogP contribution is 2.37. The number of benzene rings is 1. The van der Waals surface area contributed by atoms with Crippen molar-refractivity contribution in [2.75, 3.05) is 18.5 Å². The summed E-state index contributed by atoms with van der Waals surface area (Å²) in [5, 5.41) is 21.9. The van der Waals surface area contributed by atoms with E-state index in [1.165, 1.54) is 0 Å². The molecular weight excluding hydrogens is 302 g/mol. The largest absolute Gasteiger partial charge is 0.395 e. The van der Waals surface area contributed by atoms with Crippen LogP contribution in [0.25, 0.3) is 11.3 Å². The van der Waals surface area contributed by atoms with Crippen LogP contribution in [0.4, 0.5) is 5.82 Å². The number of nitrogens with one attached hydrogen (secondary N) is 1. The van der Waals surface area contributed by atoms with Crippen LogP contribution in [0.1, 0.15) is 30.5 Å². The lowest BCUT2D eigenvalue weighted by Crippen LogP contribution is -2.33. The molecule has 0 saturated carbocycles. The first-order valence-electron chi connectivity index (χ1n) is 8.05. The summed E-state index contributed by atoms with van der Waals surface area (Å²) in [6.45, 7) is 4.84. The van der Waals surface area contributed by atoms with Gasteiger partial charge in [0.2, 0.25) is 0 Å². The van der Waals surface area contributed by atoms with Crippen molar-refractivity contribution < 1.29 is 9.84 Å². The summed E-state index contributed by atoms with van der Waals surface area (Å²) >= 11 is 0. The highest BCUT2D eigenvalue weighted by Gasteiger charge is 2.32. The molecule has 3 rings (SSSR count). The summed E-state index contributed by atoms with van der Waals surface area (Å²) in [6, 6.07) is 12.2. The molecule has 5 nitrogen and oxygen atoms in total. The van der Waals surface area contributed by atoms with Gasteiger partial charge >= 0.3 is 0 Å². The summed E-state index contributed by atoms with van der Waals surface area (Å²) in [5.74, 6) is 0.529. The van der Waals surface area contributed by atoms with Crippen molar-refractivity contribution in [2.24, 2.45) is 0 Å². The van der Waals surface area contributed by atoms with Gasteiger partial charge in [-0.2, -0.15) is 5.26 Å². The lowest BCUT2D eigenvalue weighted by atomic mass is 9.87. The van der Waals surface area contributed by atoms with Crippen LogP contribution in [0.2, 0.25) is 0 Å². The highest BCUT2D eigenvalue weighted by atomic mass is 16.5. The molecule has 1 aromatic carbocycles. The molecule has 0 saturated heterocycles.